The van der Waals surface area contributed by atoms with Crippen LogP contribution in [0.15, 0.2) is 0 Å². The highest BCUT2D eigenvalue weighted by atomic mass is 32.2. The average Bonchev–Trinajstić information content (AvgIpc) is 2.33. The fourth-order valence-electron chi connectivity index (χ4n) is 2.42. The lowest BCUT2D eigenvalue weighted by Gasteiger charge is -2.43. The van der Waals surface area contributed by atoms with Crippen LogP contribution in [0.25, 0.3) is 0 Å². The van der Waals surface area contributed by atoms with E-state index in [2.05, 4.69) is 10.0 Å². The SMILES string of the molecule is CC(C)(C)OC(=O)NC1CCC(NSC(C)(C)C)(C(F)(F)F)CC1. The number of nitrogens with one attached hydrogen (secondary N) is 2. The number of alkyl halides is 3. The van der Waals surface area contributed by atoms with Crippen molar-refractivity contribution in [3.8, 4) is 0 Å². The van der Waals surface area contributed by atoms with E-state index in [1.807, 2.05) is 20.8 Å². The summed E-state index contributed by atoms with van der Waals surface area (Å²) in [6, 6.07) is -0.295. The molecule has 0 aliphatic heterocycles. The fourth-order valence-corrected chi connectivity index (χ4v) is 3.24. The van der Waals surface area contributed by atoms with Crippen LogP contribution in [0.3, 0.4) is 0 Å². The zero-order chi connectivity index (χ0) is 18.8. The molecule has 2 N–H and O–H groups in total. The zero-order valence-electron chi connectivity index (χ0n) is 15.3. The number of carbonyl (C=O) groups is 1. The van der Waals surface area contributed by atoms with E-state index >= 15 is 0 Å². The lowest BCUT2D eigenvalue weighted by atomic mass is 9.79. The summed E-state index contributed by atoms with van der Waals surface area (Å²) in [4.78, 5) is 11.8. The predicted molar refractivity (Wildman–Crippen MR) is 90.9 cm³/mol. The van der Waals surface area contributed by atoms with Crippen molar-refractivity contribution >= 4 is 18.0 Å². The maximum Gasteiger partial charge on any atom is 0.407 e. The topological polar surface area (TPSA) is 50.4 Å². The molecule has 0 atom stereocenters. The molecule has 1 rings (SSSR count). The molecular formula is C16H29F3N2O2S. The van der Waals surface area contributed by atoms with E-state index in [0.717, 1.165) is 11.9 Å². The Kier molecular flexibility index (Phi) is 6.53. The number of carbonyl (C=O) groups excluding carboxylic acids is 1. The highest BCUT2D eigenvalue weighted by Crippen LogP contribution is 2.44. The molecule has 0 aromatic carbocycles. The van der Waals surface area contributed by atoms with E-state index in [0.29, 0.717) is 0 Å². The average molecular weight is 370 g/mol. The van der Waals surface area contributed by atoms with Gasteiger partial charge in [0.2, 0.25) is 0 Å². The molecule has 1 aliphatic carbocycles. The highest BCUT2D eigenvalue weighted by molar-refractivity contribution is 7.98. The zero-order valence-corrected chi connectivity index (χ0v) is 16.1. The Morgan fingerprint density at radius 2 is 1.58 bits per heavy atom. The lowest BCUT2D eigenvalue weighted by molar-refractivity contribution is -0.199. The van der Waals surface area contributed by atoms with Gasteiger partial charge in [0.25, 0.3) is 0 Å². The number of rotatable bonds is 3. The van der Waals surface area contributed by atoms with E-state index in [-0.39, 0.29) is 36.5 Å². The molecule has 0 saturated heterocycles. The smallest absolute Gasteiger partial charge is 0.407 e. The summed E-state index contributed by atoms with van der Waals surface area (Å²) in [7, 11) is 0. The van der Waals surface area contributed by atoms with Crippen molar-refractivity contribution in [2.24, 2.45) is 0 Å². The molecule has 1 saturated carbocycles. The third-order valence-electron chi connectivity index (χ3n) is 3.66. The normalized spacial score (nSPS) is 26.1. The molecular weight excluding hydrogens is 341 g/mol. The van der Waals surface area contributed by atoms with Crippen molar-refractivity contribution in [2.75, 3.05) is 0 Å². The van der Waals surface area contributed by atoms with Gasteiger partial charge >= 0.3 is 12.3 Å². The third kappa shape index (κ3) is 6.70. The summed E-state index contributed by atoms with van der Waals surface area (Å²) in [6.07, 6.45) is -4.53. The molecule has 1 aliphatic rings. The molecule has 0 radical (unpaired) electrons. The first kappa shape index (κ1) is 21.4. The molecule has 1 amide bonds. The van der Waals surface area contributed by atoms with Gasteiger partial charge in [-0.1, -0.05) is 11.9 Å². The summed E-state index contributed by atoms with van der Waals surface area (Å²) in [5.41, 5.74) is -2.53. The van der Waals surface area contributed by atoms with Crippen LogP contribution in [0.4, 0.5) is 18.0 Å². The minimum atomic E-state index is -4.33. The Balaban J connectivity index is 2.65. The monoisotopic (exact) mass is 370 g/mol. The van der Waals surface area contributed by atoms with Crippen molar-refractivity contribution in [2.45, 2.75) is 95.3 Å². The first-order chi connectivity index (χ1) is 10.6. The Bertz CT molecular complexity index is 434. The van der Waals surface area contributed by atoms with Gasteiger partial charge in [-0.25, -0.2) is 9.52 Å². The largest absolute Gasteiger partial charge is 0.444 e. The van der Waals surface area contributed by atoms with Gasteiger partial charge in [-0.2, -0.15) is 13.2 Å². The van der Waals surface area contributed by atoms with Gasteiger partial charge < -0.3 is 10.1 Å². The maximum absolute atomic E-state index is 13.6. The summed E-state index contributed by atoms with van der Waals surface area (Å²) in [5, 5.41) is 2.67. The second-order valence-corrected chi connectivity index (χ2v) is 9.95. The summed E-state index contributed by atoms with van der Waals surface area (Å²) >= 11 is 1.11. The van der Waals surface area contributed by atoms with Crippen molar-refractivity contribution in [1.29, 1.82) is 0 Å². The second kappa shape index (κ2) is 7.32. The van der Waals surface area contributed by atoms with Crippen molar-refractivity contribution < 1.29 is 22.7 Å². The van der Waals surface area contributed by atoms with Crippen molar-refractivity contribution in [3.05, 3.63) is 0 Å². The predicted octanol–water partition coefficient (Wildman–Crippen LogP) is 4.79. The molecule has 24 heavy (non-hydrogen) atoms. The molecule has 4 nitrogen and oxygen atoms in total. The lowest BCUT2D eigenvalue weighted by Crippen LogP contribution is -2.58. The Morgan fingerprint density at radius 3 is 1.96 bits per heavy atom. The first-order valence-electron chi connectivity index (χ1n) is 8.15. The number of alkyl carbamates (subject to hydrolysis) is 1. The molecule has 0 bridgehead atoms. The molecule has 0 unspecified atom stereocenters. The van der Waals surface area contributed by atoms with Crippen molar-refractivity contribution in [3.63, 3.8) is 0 Å². The van der Waals surface area contributed by atoms with Crippen LogP contribution in [-0.4, -0.2) is 34.2 Å². The minimum Gasteiger partial charge on any atom is -0.444 e. The fraction of sp³-hybridized carbons (Fsp3) is 0.938. The van der Waals surface area contributed by atoms with Gasteiger partial charge in [-0.05, 0) is 67.2 Å². The van der Waals surface area contributed by atoms with Crippen LogP contribution in [0.5, 0.6) is 0 Å². The van der Waals surface area contributed by atoms with Crippen LogP contribution in [-0.2, 0) is 4.74 Å². The standard InChI is InChI=1S/C16H29F3N2O2S/c1-13(2,3)23-12(22)20-11-7-9-15(10-8-11,16(17,18)19)21-24-14(4,5)6/h11,21H,7-10H2,1-6H3,(H,20,22). The number of amides is 1. The Hall–Kier alpha value is -0.630. The van der Waals surface area contributed by atoms with Crippen LogP contribution < -0.4 is 10.0 Å². The first-order valence-corrected chi connectivity index (χ1v) is 8.97. The minimum absolute atomic E-state index is 0.0694. The number of ether oxygens (including phenoxy) is 1. The van der Waals surface area contributed by atoms with Crippen LogP contribution in [0.2, 0.25) is 0 Å². The quantitative estimate of drug-likeness (QED) is 0.701. The van der Waals surface area contributed by atoms with Gasteiger partial charge in [-0.15, -0.1) is 0 Å². The summed E-state index contributed by atoms with van der Waals surface area (Å²) in [6.45, 7) is 10.8. The number of halogens is 3. The van der Waals surface area contributed by atoms with Gasteiger partial charge in [0.1, 0.15) is 11.1 Å². The molecule has 1 fully saturated rings. The highest BCUT2D eigenvalue weighted by Gasteiger charge is 2.56. The molecule has 0 heterocycles. The maximum atomic E-state index is 13.6. The van der Waals surface area contributed by atoms with Crippen LogP contribution in [0, 0.1) is 0 Å². The van der Waals surface area contributed by atoms with E-state index < -0.39 is 23.4 Å². The summed E-state index contributed by atoms with van der Waals surface area (Å²) in [5.74, 6) is 0. The molecule has 0 aromatic rings. The number of hydrogen-bond donors (Lipinski definition) is 2. The number of hydrogen-bond acceptors (Lipinski definition) is 4. The molecule has 142 valence electrons. The Labute approximate surface area is 146 Å². The third-order valence-corrected chi connectivity index (χ3v) is 4.76. The van der Waals surface area contributed by atoms with Gasteiger partial charge in [0, 0.05) is 10.8 Å². The van der Waals surface area contributed by atoms with E-state index in [1.54, 1.807) is 20.8 Å². The van der Waals surface area contributed by atoms with Gasteiger partial charge in [-0.3, -0.25) is 0 Å². The second-order valence-electron chi connectivity index (χ2n) is 8.32. The molecule has 0 spiro atoms. The molecule has 0 aromatic heterocycles. The molecule has 8 heteroatoms. The van der Waals surface area contributed by atoms with Crippen LogP contribution >= 0.6 is 11.9 Å². The van der Waals surface area contributed by atoms with Gasteiger partial charge in [0.15, 0.2) is 0 Å². The van der Waals surface area contributed by atoms with Gasteiger partial charge in [0.05, 0.1) is 0 Å². The van der Waals surface area contributed by atoms with E-state index in [9.17, 15) is 18.0 Å². The summed E-state index contributed by atoms with van der Waals surface area (Å²) < 4.78 is 48.3. The van der Waals surface area contributed by atoms with E-state index in [1.165, 1.54) is 0 Å². The van der Waals surface area contributed by atoms with Crippen molar-refractivity contribution in [1.82, 2.24) is 10.0 Å². The Morgan fingerprint density at radius 1 is 1.08 bits per heavy atom. The van der Waals surface area contributed by atoms with Crippen LogP contribution in [0.1, 0.15) is 67.2 Å². The van der Waals surface area contributed by atoms with E-state index in [4.69, 9.17) is 4.74 Å².